The largest absolute Gasteiger partial charge is 0.453 e. The number of fused-ring (bicyclic) bond motifs is 1. The molecule has 0 aliphatic heterocycles. The first-order valence-corrected chi connectivity index (χ1v) is 9.21. The summed E-state index contributed by atoms with van der Waals surface area (Å²) in [6.07, 6.45) is 0. The second-order valence-corrected chi connectivity index (χ2v) is 7.06. The van der Waals surface area contributed by atoms with Gasteiger partial charge in [0, 0.05) is 29.4 Å². The molecule has 0 amide bonds. The van der Waals surface area contributed by atoms with Crippen molar-refractivity contribution in [3.05, 3.63) is 76.9 Å². The Morgan fingerprint density at radius 1 is 1.14 bits per heavy atom. The molecule has 2 N–H and O–H groups in total. The normalized spacial score (nSPS) is 11.1. The SMILES string of the molecule is C=C(NC(C)C)c1ccc2nc(-c3ccc(-c4ccc([N+](=O)[O-])cc4)o3)[nH]c2c1. The maximum Gasteiger partial charge on any atom is 0.269 e. The van der Waals surface area contributed by atoms with Crippen LogP contribution in [0.25, 0.3) is 39.6 Å². The minimum absolute atomic E-state index is 0.0437. The number of H-pyrrole nitrogens is 1. The first-order valence-electron chi connectivity index (χ1n) is 9.21. The molecule has 0 spiro atoms. The van der Waals surface area contributed by atoms with Gasteiger partial charge in [-0.25, -0.2) is 4.98 Å². The maximum absolute atomic E-state index is 10.8. The zero-order chi connectivity index (χ0) is 20.5. The molecule has 29 heavy (non-hydrogen) atoms. The molecule has 0 fully saturated rings. The number of nitro benzene ring substituents is 1. The third-order valence-corrected chi connectivity index (χ3v) is 4.50. The Labute approximate surface area is 167 Å². The predicted molar refractivity (Wildman–Crippen MR) is 113 cm³/mol. The summed E-state index contributed by atoms with van der Waals surface area (Å²) in [5.41, 5.74) is 4.37. The van der Waals surface area contributed by atoms with Crippen LogP contribution in [0.1, 0.15) is 19.4 Å². The predicted octanol–water partition coefficient (Wildman–Crippen LogP) is 5.37. The zero-order valence-electron chi connectivity index (χ0n) is 16.1. The van der Waals surface area contributed by atoms with Gasteiger partial charge in [0.25, 0.3) is 5.69 Å². The number of nitrogens with zero attached hydrogens (tertiary/aromatic N) is 2. The van der Waals surface area contributed by atoms with Gasteiger partial charge in [0.15, 0.2) is 11.6 Å². The monoisotopic (exact) mass is 388 g/mol. The van der Waals surface area contributed by atoms with Crippen molar-refractivity contribution in [3.8, 4) is 22.9 Å². The minimum atomic E-state index is -0.425. The van der Waals surface area contributed by atoms with Crippen molar-refractivity contribution in [2.24, 2.45) is 0 Å². The van der Waals surface area contributed by atoms with Gasteiger partial charge in [-0.3, -0.25) is 10.1 Å². The molecule has 0 radical (unpaired) electrons. The lowest BCUT2D eigenvalue weighted by Gasteiger charge is -2.12. The van der Waals surface area contributed by atoms with Crippen molar-refractivity contribution < 1.29 is 9.34 Å². The average molecular weight is 388 g/mol. The molecule has 4 rings (SSSR count). The molecule has 2 heterocycles. The molecule has 0 atom stereocenters. The number of furan rings is 1. The van der Waals surface area contributed by atoms with E-state index in [1.165, 1.54) is 12.1 Å². The van der Waals surface area contributed by atoms with E-state index in [1.54, 1.807) is 12.1 Å². The Kier molecular flexibility index (Phi) is 4.64. The Hall–Kier alpha value is -3.87. The lowest BCUT2D eigenvalue weighted by Crippen LogP contribution is -2.20. The molecule has 0 aliphatic carbocycles. The molecule has 2 aromatic carbocycles. The standard InChI is InChI=1S/C22H20N4O3/c1-13(2)23-14(3)16-6-9-18-19(12-16)25-22(24-18)21-11-10-20(29-21)15-4-7-17(8-5-15)26(27)28/h4-13,23H,3H2,1-2H3,(H,24,25). The van der Waals surface area contributed by atoms with Crippen LogP contribution in [-0.2, 0) is 0 Å². The summed E-state index contributed by atoms with van der Waals surface area (Å²) in [5.74, 6) is 1.83. The molecule has 0 unspecified atom stereocenters. The van der Waals surface area contributed by atoms with Crippen LogP contribution in [-0.4, -0.2) is 20.9 Å². The van der Waals surface area contributed by atoms with Crippen molar-refractivity contribution in [2.75, 3.05) is 0 Å². The maximum atomic E-state index is 10.8. The number of rotatable bonds is 6. The fourth-order valence-corrected chi connectivity index (χ4v) is 3.11. The molecule has 0 bridgehead atoms. The van der Waals surface area contributed by atoms with Crippen molar-refractivity contribution in [3.63, 3.8) is 0 Å². The van der Waals surface area contributed by atoms with Crippen LogP contribution in [0.3, 0.4) is 0 Å². The molecular formula is C22H20N4O3. The molecule has 4 aromatic rings. The quantitative estimate of drug-likeness (QED) is 0.342. The van der Waals surface area contributed by atoms with E-state index >= 15 is 0 Å². The van der Waals surface area contributed by atoms with Crippen LogP contribution < -0.4 is 5.32 Å². The third kappa shape index (κ3) is 3.75. The number of imidazole rings is 1. The highest BCUT2D eigenvalue weighted by molar-refractivity contribution is 5.82. The highest BCUT2D eigenvalue weighted by atomic mass is 16.6. The second-order valence-electron chi connectivity index (χ2n) is 7.06. The number of nitro groups is 1. The minimum Gasteiger partial charge on any atom is -0.453 e. The summed E-state index contributed by atoms with van der Waals surface area (Å²) in [6, 6.07) is 16.1. The smallest absolute Gasteiger partial charge is 0.269 e. The van der Waals surface area contributed by atoms with Gasteiger partial charge in [-0.05, 0) is 55.8 Å². The summed E-state index contributed by atoms with van der Waals surface area (Å²) >= 11 is 0. The van der Waals surface area contributed by atoms with Gasteiger partial charge < -0.3 is 14.7 Å². The Morgan fingerprint density at radius 3 is 2.55 bits per heavy atom. The number of non-ortho nitro benzene ring substituents is 1. The first-order chi connectivity index (χ1) is 13.9. The number of benzene rings is 2. The highest BCUT2D eigenvalue weighted by Crippen LogP contribution is 2.29. The van der Waals surface area contributed by atoms with Crippen LogP contribution >= 0.6 is 0 Å². The summed E-state index contributed by atoms with van der Waals surface area (Å²) in [4.78, 5) is 18.3. The van der Waals surface area contributed by atoms with Gasteiger partial charge in [0.05, 0.1) is 16.0 Å². The Bertz CT molecular complexity index is 1200. The summed E-state index contributed by atoms with van der Waals surface area (Å²) in [5, 5.41) is 14.1. The van der Waals surface area contributed by atoms with E-state index < -0.39 is 4.92 Å². The number of hydrogen-bond acceptors (Lipinski definition) is 5. The number of nitrogens with one attached hydrogen (secondary N) is 2. The third-order valence-electron chi connectivity index (χ3n) is 4.50. The van der Waals surface area contributed by atoms with Gasteiger partial charge in [-0.15, -0.1) is 0 Å². The lowest BCUT2D eigenvalue weighted by atomic mass is 10.1. The van der Waals surface area contributed by atoms with E-state index in [0.29, 0.717) is 23.4 Å². The molecule has 0 saturated heterocycles. The molecule has 146 valence electrons. The zero-order valence-corrected chi connectivity index (χ0v) is 16.1. The van der Waals surface area contributed by atoms with E-state index in [2.05, 4.69) is 35.7 Å². The number of aromatic nitrogens is 2. The van der Waals surface area contributed by atoms with Gasteiger partial charge in [-0.2, -0.15) is 0 Å². The van der Waals surface area contributed by atoms with Crippen LogP contribution in [0.15, 0.2) is 65.6 Å². The van der Waals surface area contributed by atoms with E-state index in [9.17, 15) is 10.1 Å². The molecule has 7 heteroatoms. The van der Waals surface area contributed by atoms with Crippen LogP contribution in [0, 0.1) is 10.1 Å². The van der Waals surface area contributed by atoms with E-state index in [1.807, 2.05) is 30.3 Å². The van der Waals surface area contributed by atoms with Crippen molar-refractivity contribution in [2.45, 2.75) is 19.9 Å². The van der Waals surface area contributed by atoms with Crippen LogP contribution in [0.4, 0.5) is 5.69 Å². The number of hydrogen-bond donors (Lipinski definition) is 2. The molecular weight excluding hydrogens is 368 g/mol. The van der Waals surface area contributed by atoms with Crippen molar-refractivity contribution in [1.82, 2.24) is 15.3 Å². The molecule has 2 aromatic heterocycles. The summed E-state index contributed by atoms with van der Waals surface area (Å²) in [6.45, 7) is 8.22. The Balaban J connectivity index is 1.62. The van der Waals surface area contributed by atoms with Gasteiger partial charge in [0.2, 0.25) is 0 Å². The van der Waals surface area contributed by atoms with Gasteiger partial charge in [-0.1, -0.05) is 12.6 Å². The fourth-order valence-electron chi connectivity index (χ4n) is 3.11. The lowest BCUT2D eigenvalue weighted by molar-refractivity contribution is -0.384. The first kappa shape index (κ1) is 18.5. The van der Waals surface area contributed by atoms with Crippen LogP contribution in [0.2, 0.25) is 0 Å². The Morgan fingerprint density at radius 2 is 1.86 bits per heavy atom. The second kappa shape index (κ2) is 7.27. The average Bonchev–Trinajstić information content (AvgIpc) is 3.34. The van der Waals surface area contributed by atoms with Gasteiger partial charge in [0.1, 0.15) is 5.76 Å². The molecule has 7 nitrogen and oxygen atoms in total. The highest BCUT2D eigenvalue weighted by Gasteiger charge is 2.13. The molecule has 0 aliphatic rings. The topological polar surface area (TPSA) is 97.0 Å². The van der Waals surface area contributed by atoms with Crippen molar-refractivity contribution >= 4 is 22.4 Å². The molecule has 0 saturated carbocycles. The van der Waals surface area contributed by atoms with Crippen molar-refractivity contribution in [1.29, 1.82) is 0 Å². The van der Waals surface area contributed by atoms with E-state index in [4.69, 9.17) is 4.42 Å². The fraction of sp³-hybridized carbons (Fsp3) is 0.136. The summed E-state index contributed by atoms with van der Waals surface area (Å²) < 4.78 is 5.92. The van der Waals surface area contributed by atoms with Gasteiger partial charge >= 0.3 is 0 Å². The van der Waals surface area contributed by atoms with E-state index in [0.717, 1.165) is 27.9 Å². The number of aromatic amines is 1. The van der Waals surface area contributed by atoms with Crippen LogP contribution in [0.5, 0.6) is 0 Å². The summed E-state index contributed by atoms with van der Waals surface area (Å²) in [7, 11) is 0. The van der Waals surface area contributed by atoms with E-state index in [-0.39, 0.29) is 5.69 Å².